The van der Waals surface area contributed by atoms with Gasteiger partial charge in [0.25, 0.3) is 0 Å². The number of rotatable bonds is 2. The van der Waals surface area contributed by atoms with Crippen LogP contribution in [0.25, 0.3) is 0 Å². The molecule has 1 fully saturated rings. The molecule has 0 aliphatic carbocycles. The number of ether oxygens (including phenoxy) is 1. The molecular weight excluding hydrogens is 266 g/mol. The number of piperazine rings is 1. The van der Waals surface area contributed by atoms with Crippen LogP contribution in [0.4, 0.5) is 5.69 Å². The molecule has 0 spiro atoms. The van der Waals surface area contributed by atoms with Crippen molar-refractivity contribution in [2.45, 2.75) is 0 Å². The number of esters is 1. The number of anilines is 1. The lowest BCUT2D eigenvalue weighted by Crippen LogP contribution is -2.43. The van der Waals surface area contributed by atoms with Crippen molar-refractivity contribution >= 4 is 24.1 Å². The normalized spacial score (nSPS) is 14.2. The molecule has 1 aromatic carbocycles. The third-order valence-electron chi connectivity index (χ3n) is 3.01. The van der Waals surface area contributed by atoms with Crippen LogP contribution in [0, 0.1) is 11.3 Å². The summed E-state index contributed by atoms with van der Waals surface area (Å²) in [4.78, 5) is 13.8. The first-order chi connectivity index (χ1) is 8.76. The van der Waals surface area contributed by atoms with Crippen LogP contribution in [-0.2, 0) is 4.74 Å². The summed E-state index contributed by atoms with van der Waals surface area (Å²) in [6, 6.07) is 7.28. The fourth-order valence-electron chi connectivity index (χ4n) is 2.03. The molecule has 1 N–H and O–H groups in total. The highest BCUT2D eigenvalue weighted by Crippen LogP contribution is 2.20. The Balaban J connectivity index is 0.00000180. The minimum absolute atomic E-state index is 0. The van der Waals surface area contributed by atoms with E-state index in [1.165, 1.54) is 7.11 Å². The average Bonchev–Trinajstić information content (AvgIpc) is 2.46. The summed E-state index contributed by atoms with van der Waals surface area (Å²) in [7, 11) is 1.32. The van der Waals surface area contributed by atoms with Crippen molar-refractivity contribution in [3.63, 3.8) is 0 Å². The molecule has 2 rings (SSSR count). The Kier molecular flexibility index (Phi) is 5.61. The van der Waals surface area contributed by atoms with Crippen LogP contribution >= 0.6 is 12.4 Å². The Morgan fingerprint density at radius 2 is 2.11 bits per heavy atom. The van der Waals surface area contributed by atoms with Gasteiger partial charge in [-0.15, -0.1) is 12.4 Å². The van der Waals surface area contributed by atoms with Gasteiger partial charge < -0.3 is 15.0 Å². The fraction of sp³-hybridized carbons (Fsp3) is 0.385. The number of carbonyl (C=O) groups excluding carboxylic acids is 1. The summed E-state index contributed by atoms with van der Waals surface area (Å²) in [5.41, 5.74) is 1.63. The van der Waals surface area contributed by atoms with Crippen LogP contribution in [0.15, 0.2) is 18.2 Å². The highest BCUT2D eigenvalue weighted by molar-refractivity contribution is 5.93. The van der Waals surface area contributed by atoms with E-state index in [0.29, 0.717) is 11.1 Å². The fourth-order valence-corrected chi connectivity index (χ4v) is 2.03. The monoisotopic (exact) mass is 281 g/mol. The quantitative estimate of drug-likeness (QED) is 0.825. The molecule has 19 heavy (non-hydrogen) atoms. The van der Waals surface area contributed by atoms with Gasteiger partial charge in [-0.1, -0.05) is 0 Å². The van der Waals surface area contributed by atoms with Crippen molar-refractivity contribution < 1.29 is 9.53 Å². The van der Waals surface area contributed by atoms with Gasteiger partial charge >= 0.3 is 5.97 Å². The number of nitrogens with one attached hydrogen (secondary N) is 1. The van der Waals surface area contributed by atoms with Gasteiger partial charge in [0.1, 0.15) is 6.07 Å². The van der Waals surface area contributed by atoms with Gasteiger partial charge in [0.15, 0.2) is 0 Å². The molecule has 1 aliphatic rings. The van der Waals surface area contributed by atoms with Gasteiger partial charge in [0.05, 0.1) is 18.2 Å². The SMILES string of the molecule is COC(=O)c1cc(N2CCNCC2)ccc1C#N.Cl. The van der Waals surface area contributed by atoms with Gasteiger partial charge in [-0.3, -0.25) is 0 Å². The van der Waals surface area contributed by atoms with Crippen molar-refractivity contribution in [1.29, 1.82) is 5.26 Å². The van der Waals surface area contributed by atoms with Crippen LogP contribution < -0.4 is 10.2 Å². The summed E-state index contributed by atoms with van der Waals surface area (Å²) in [6.45, 7) is 3.64. The topological polar surface area (TPSA) is 65.4 Å². The number of hydrogen-bond donors (Lipinski definition) is 1. The molecule has 6 heteroatoms. The Bertz CT molecular complexity index is 493. The van der Waals surface area contributed by atoms with Gasteiger partial charge in [-0.2, -0.15) is 5.26 Å². The minimum Gasteiger partial charge on any atom is -0.465 e. The standard InChI is InChI=1S/C13H15N3O2.ClH/c1-18-13(17)12-8-11(3-2-10(12)9-14)16-6-4-15-5-7-16;/h2-3,8,15H,4-7H2,1H3;1H. The number of carbonyl (C=O) groups is 1. The lowest BCUT2D eigenvalue weighted by Gasteiger charge is -2.29. The maximum absolute atomic E-state index is 11.6. The van der Waals surface area contributed by atoms with Crippen molar-refractivity contribution in [3.8, 4) is 6.07 Å². The van der Waals surface area contributed by atoms with E-state index in [1.54, 1.807) is 12.1 Å². The smallest absolute Gasteiger partial charge is 0.339 e. The molecule has 0 saturated carbocycles. The lowest BCUT2D eigenvalue weighted by molar-refractivity contribution is 0.0600. The van der Waals surface area contributed by atoms with Crippen molar-refractivity contribution in [1.82, 2.24) is 5.32 Å². The Morgan fingerprint density at radius 3 is 2.68 bits per heavy atom. The van der Waals surface area contributed by atoms with Crippen molar-refractivity contribution in [2.75, 3.05) is 38.2 Å². The number of nitrogens with zero attached hydrogens (tertiary/aromatic N) is 2. The maximum atomic E-state index is 11.6. The second-order valence-electron chi connectivity index (χ2n) is 4.07. The zero-order valence-corrected chi connectivity index (χ0v) is 11.5. The number of nitriles is 1. The molecule has 1 heterocycles. The Hall–Kier alpha value is -1.77. The second-order valence-corrected chi connectivity index (χ2v) is 4.07. The molecule has 0 atom stereocenters. The lowest BCUT2D eigenvalue weighted by atomic mass is 10.1. The van der Waals surface area contributed by atoms with Gasteiger partial charge in [0.2, 0.25) is 0 Å². The maximum Gasteiger partial charge on any atom is 0.339 e. The number of hydrogen-bond acceptors (Lipinski definition) is 5. The molecule has 0 radical (unpaired) electrons. The number of benzene rings is 1. The third kappa shape index (κ3) is 3.37. The van der Waals surface area contributed by atoms with E-state index < -0.39 is 5.97 Å². The van der Waals surface area contributed by atoms with E-state index in [0.717, 1.165) is 31.9 Å². The molecule has 1 saturated heterocycles. The molecule has 0 bridgehead atoms. The van der Waals surface area contributed by atoms with Crippen molar-refractivity contribution in [2.24, 2.45) is 0 Å². The summed E-state index contributed by atoms with van der Waals surface area (Å²) in [5.74, 6) is -0.469. The first-order valence-electron chi connectivity index (χ1n) is 5.84. The van der Waals surface area contributed by atoms with Crippen LogP contribution in [-0.4, -0.2) is 39.3 Å². The van der Waals surface area contributed by atoms with E-state index in [-0.39, 0.29) is 12.4 Å². The predicted molar refractivity (Wildman–Crippen MR) is 74.8 cm³/mol. The Morgan fingerprint density at radius 1 is 1.42 bits per heavy atom. The zero-order valence-electron chi connectivity index (χ0n) is 10.7. The van der Waals surface area contributed by atoms with Crippen LogP contribution in [0.1, 0.15) is 15.9 Å². The predicted octanol–water partition coefficient (Wildman–Crippen LogP) is 1.18. The largest absolute Gasteiger partial charge is 0.465 e. The molecule has 5 nitrogen and oxygen atoms in total. The zero-order chi connectivity index (χ0) is 13.0. The number of halogens is 1. The Labute approximate surface area is 118 Å². The molecule has 0 unspecified atom stereocenters. The highest BCUT2D eigenvalue weighted by atomic mass is 35.5. The van der Waals surface area contributed by atoms with Gasteiger partial charge in [-0.25, -0.2) is 4.79 Å². The molecule has 0 aromatic heterocycles. The summed E-state index contributed by atoms with van der Waals surface area (Å²) < 4.78 is 4.70. The minimum atomic E-state index is -0.469. The average molecular weight is 282 g/mol. The van der Waals surface area contributed by atoms with Gasteiger partial charge in [-0.05, 0) is 18.2 Å². The summed E-state index contributed by atoms with van der Waals surface area (Å²) in [6.07, 6.45) is 0. The first kappa shape index (κ1) is 15.3. The summed E-state index contributed by atoms with van der Waals surface area (Å²) in [5, 5.41) is 12.3. The van der Waals surface area contributed by atoms with E-state index in [2.05, 4.69) is 10.2 Å². The highest BCUT2D eigenvalue weighted by Gasteiger charge is 2.16. The number of methoxy groups -OCH3 is 1. The van der Waals surface area contributed by atoms with Crippen molar-refractivity contribution in [3.05, 3.63) is 29.3 Å². The van der Waals surface area contributed by atoms with E-state index in [1.807, 2.05) is 12.1 Å². The van der Waals surface area contributed by atoms with Crippen LogP contribution in [0.3, 0.4) is 0 Å². The van der Waals surface area contributed by atoms with Crippen LogP contribution in [0.2, 0.25) is 0 Å². The second kappa shape index (κ2) is 6.98. The third-order valence-corrected chi connectivity index (χ3v) is 3.01. The molecule has 0 amide bonds. The van der Waals surface area contributed by atoms with E-state index >= 15 is 0 Å². The molecule has 1 aliphatic heterocycles. The van der Waals surface area contributed by atoms with E-state index in [9.17, 15) is 4.79 Å². The van der Waals surface area contributed by atoms with Crippen LogP contribution in [0.5, 0.6) is 0 Å². The van der Waals surface area contributed by atoms with Gasteiger partial charge in [0, 0.05) is 31.9 Å². The molecule has 1 aromatic rings. The van der Waals surface area contributed by atoms with E-state index in [4.69, 9.17) is 10.00 Å². The molecule has 102 valence electrons. The first-order valence-corrected chi connectivity index (χ1v) is 5.84. The molecular formula is C13H16ClN3O2. The summed E-state index contributed by atoms with van der Waals surface area (Å²) >= 11 is 0.